The summed E-state index contributed by atoms with van der Waals surface area (Å²) < 4.78 is 0. The molecule has 0 bridgehead atoms. The molecule has 24 heavy (non-hydrogen) atoms. The largest absolute Gasteiger partial charge is 0.0610 e. The Morgan fingerprint density at radius 1 is 0.542 bits per heavy atom. The first-order valence-corrected chi connectivity index (χ1v) is 8.46. The molecule has 0 heterocycles. The Morgan fingerprint density at radius 3 is 1.92 bits per heavy atom. The van der Waals surface area contributed by atoms with Crippen LogP contribution in [0.15, 0.2) is 72.8 Å². The van der Waals surface area contributed by atoms with E-state index in [2.05, 4.69) is 86.6 Å². The molecule has 0 saturated heterocycles. The van der Waals surface area contributed by atoms with E-state index in [4.69, 9.17) is 0 Å². The van der Waals surface area contributed by atoms with E-state index in [0.29, 0.717) is 0 Å². The van der Waals surface area contributed by atoms with E-state index >= 15 is 0 Å². The van der Waals surface area contributed by atoms with Gasteiger partial charge in [0, 0.05) is 0 Å². The van der Waals surface area contributed by atoms with Crippen LogP contribution in [0.25, 0.3) is 43.4 Å². The molecular weight excluding hydrogens is 288 g/mol. The first-order chi connectivity index (χ1) is 11.7. The Bertz CT molecular complexity index is 1190. The standard InChI is InChI=1S/C24H18/c1-15-11-16(2)13-20(12-15)22-14-19-7-3-5-17-9-10-18-6-4-8-21(22)24(18)23(17)19/h3-14H,1-2H3. The van der Waals surface area contributed by atoms with Gasteiger partial charge in [0.2, 0.25) is 0 Å². The van der Waals surface area contributed by atoms with Gasteiger partial charge in [-0.15, -0.1) is 0 Å². The molecule has 0 aromatic heterocycles. The van der Waals surface area contributed by atoms with E-state index in [9.17, 15) is 0 Å². The normalized spacial score (nSPS) is 11.8. The predicted octanol–water partition coefficient (Wildman–Crippen LogP) is 6.87. The fourth-order valence-corrected chi connectivity index (χ4v) is 4.13. The lowest BCUT2D eigenvalue weighted by atomic mass is 9.88. The lowest BCUT2D eigenvalue weighted by Crippen LogP contribution is -1.89. The highest BCUT2D eigenvalue weighted by Gasteiger charge is 2.12. The van der Waals surface area contributed by atoms with Gasteiger partial charge >= 0.3 is 0 Å². The molecule has 0 aliphatic rings. The van der Waals surface area contributed by atoms with Crippen molar-refractivity contribution in [1.82, 2.24) is 0 Å². The van der Waals surface area contributed by atoms with Gasteiger partial charge in [-0.05, 0) is 63.4 Å². The van der Waals surface area contributed by atoms with E-state index in [0.717, 1.165) is 0 Å². The fraction of sp³-hybridized carbons (Fsp3) is 0.0833. The van der Waals surface area contributed by atoms with Crippen molar-refractivity contribution in [3.05, 3.63) is 83.9 Å². The van der Waals surface area contributed by atoms with Crippen LogP contribution in [0, 0.1) is 13.8 Å². The fourth-order valence-electron chi connectivity index (χ4n) is 4.13. The molecular formula is C24H18. The van der Waals surface area contributed by atoms with E-state index in [-0.39, 0.29) is 0 Å². The van der Waals surface area contributed by atoms with Crippen LogP contribution in [0.4, 0.5) is 0 Å². The maximum Gasteiger partial charge on any atom is -0.00206 e. The molecule has 5 aromatic carbocycles. The number of hydrogen-bond donors (Lipinski definition) is 0. The van der Waals surface area contributed by atoms with Crippen molar-refractivity contribution >= 4 is 32.3 Å². The van der Waals surface area contributed by atoms with Crippen LogP contribution in [-0.4, -0.2) is 0 Å². The third-order valence-corrected chi connectivity index (χ3v) is 5.04. The second kappa shape index (κ2) is 4.82. The van der Waals surface area contributed by atoms with Gasteiger partial charge in [-0.25, -0.2) is 0 Å². The first kappa shape index (κ1) is 13.6. The third kappa shape index (κ3) is 1.86. The van der Waals surface area contributed by atoms with Crippen molar-refractivity contribution in [2.45, 2.75) is 13.8 Å². The maximum absolute atomic E-state index is 2.36. The molecule has 5 aromatic rings. The van der Waals surface area contributed by atoms with Crippen LogP contribution in [0.3, 0.4) is 0 Å². The summed E-state index contributed by atoms with van der Waals surface area (Å²) in [4.78, 5) is 0. The van der Waals surface area contributed by atoms with Gasteiger partial charge in [0.1, 0.15) is 0 Å². The molecule has 5 rings (SSSR count). The van der Waals surface area contributed by atoms with Gasteiger partial charge in [-0.3, -0.25) is 0 Å². The second-order valence-electron chi connectivity index (χ2n) is 6.85. The summed E-state index contributed by atoms with van der Waals surface area (Å²) in [5, 5.41) is 8.10. The molecule has 0 atom stereocenters. The van der Waals surface area contributed by atoms with Gasteiger partial charge in [0.25, 0.3) is 0 Å². The summed E-state index contributed by atoms with van der Waals surface area (Å²) in [5.74, 6) is 0. The Hall–Kier alpha value is -2.86. The molecule has 0 amide bonds. The monoisotopic (exact) mass is 306 g/mol. The Labute approximate surface area is 141 Å². The van der Waals surface area contributed by atoms with E-state index in [1.807, 2.05) is 0 Å². The summed E-state index contributed by atoms with van der Waals surface area (Å²) in [6.45, 7) is 4.35. The summed E-state index contributed by atoms with van der Waals surface area (Å²) in [6.07, 6.45) is 0. The van der Waals surface area contributed by atoms with Crippen LogP contribution in [0.1, 0.15) is 11.1 Å². The van der Waals surface area contributed by atoms with Crippen LogP contribution >= 0.6 is 0 Å². The SMILES string of the molecule is Cc1cc(C)cc(-c2cc3cccc4ccc5cccc2c5c43)c1. The molecule has 0 N–H and O–H groups in total. The van der Waals surface area contributed by atoms with E-state index < -0.39 is 0 Å². The van der Waals surface area contributed by atoms with Crippen molar-refractivity contribution in [1.29, 1.82) is 0 Å². The molecule has 0 aliphatic carbocycles. The number of hydrogen-bond acceptors (Lipinski definition) is 0. The quantitative estimate of drug-likeness (QED) is 0.296. The van der Waals surface area contributed by atoms with Gasteiger partial charge < -0.3 is 0 Å². The molecule has 0 aliphatic heterocycles. The average Bonchev–Trinajstić information content (AvgIpc) is 2.58. The molecule has 0 spiro atoms. The third-order valence-electron chi connectivity index (χ3n) is 5.04. The Morgan fingerprint density at radius 2 is 1.17 bits per heavy atom. The number of aryl methyl sites for hydroxylation is 2. The molecule has 0 nitrogen and oxygen atoms in total. The Kier molecular flexibility index (Phi) is 2.72. The molecule has 0 saturated carbocycles. The summed E-state index contributed by atoms with van der Waals surface area (Å²) in [5.41, 5.74) is 5.27. The summed E-state index contributed by atoms with van der Waals surface area (Å²) in [7, 11) is 0. The molecule has 0 heteroatoms. The summed E-state index contributed by atoms with van der Waals surface area (Å²) >= 11 is 0. The maximum atomic E-state index is 2.36. The molecule has 0 radical (unpaired) electrons. The van der Waals surface area contributed by atoms with Crippen LogP contribution in [-0.2, 0) is 0 Å². The highest BCUT2D eigenvalue weighted by atomic mass is 14.2. The van der Waals surface area contributed by atoms with Crippen molar-refractivity contribution in [3.63, 3.8) is 0 Å². The molecule has 0 fully saturated rings. The summed E-state index contributed by atoms with van der Waals surface area (Å²) in [6, 6.07) is 26.9. The molecule has 114 valence electrons. The zero-order valence-electron chi connectivity index (χ0n) is 13.9. The highest BCUT2D eigenvalue weighted by Crippen LogP contribution is 2.40. The van der Waals surface area contributed by atoms with Crippen molar-refractivity contribution in [2.24, 2.45) is 0 Å². The van der Waals surface area contributed by atoms with Crippen molar-refractivity contribution in [3.8, 4) is 11.1 Å². The van der Waals surface area contributed by atoms with Crippen LogP contribution in [0.2, 0.25) is 0 Å². The predicted molar refractivity (Wildman–Crippen MR) is 105 cm³/mol. The van der Waals surface area contributed by atoms with Crippen LogP contribution < -0.4 is 0 Å². The first-order valence-electron chi connectivity index (χ1n) is 8.46. The number of rotatable bonds is 1. The van der Waals surface area contributed by atoms with Crippen molar-refractivity contribution in [2.75, 3.05) is 0 Å². The van der Waals surface area contributed by atoms with E-state index in [1.54, 1.807) is 0 Å². The minimum Gasteiger partial charge on any atom is -0.0610 e. The van der Waals surface area contributed by atoms with E-state index in [1.165, 1.54) is 54.6 Å². The van der Waals surface area contributed by atoms with Crippen LogP contribution in [0.5, 0.6) is 0 Å². The number of benzene rings is 5. The lowest BCUT2D eigenvalue weighted by molar-refractivity contribution is 1.39. The zero-order valence-corrected chi connectivity index (χ0v) is 13.9. The van der Waals surface area contributed by atoms with Gasteiger partial charge in [-0.1, -0.05) is 77.9 Å². The zero-order chi connectivity index (χ0) is 16.3. The lowest BCUT2D eigenvalue weighted by Gasteiger charge is -2.15. The van der Waals surface area contributed by atoms with Gasteiger partial charge in [0.15, 0.2) is 0 Å². The van der Waals surface area contributed by atoms with Gasteiger partial charge in [0.05, 0.1) is 0 Å². The minimum atomic E-state index is 1.31. The topological polar surface area (TPSA) is 0 Å². The average molecular weight is 306 g/mol. The minimum absolute atomic E-state index is 1.31. The molecule has 0 unspecified atom stereocenters. The smallest absolute Gasteiger partial charge is 0.00206 e. The van der Waals surface area contributed by atoms with Gasteiger partial charge in [-0.2, -0.15) is 0 Å². The second-order valence-corrected chi connectivity index (χ2v) is 6.85. The highest BCUT2D eigenvalue weighted by molar-refractivity contribution is 6.26. The Balaban J connectivity index is 2.02. The van der Waals surface area contributed by atoms with Crippen molar-refractivity contribution < 1.29 is 0 Å².